The van der Waals surface area contributed by atoms with Crippen LogP contribution in [-0.2, 0) is 14.3 Å². The smallest absolute Gasteiger partial charge is 0.328 e. The van der Waals surface area contributed by atoms with E-state index in [1.165, 1.54) is 18.2 Å². The predicted molar refractivity (Wildman–Crippen MR) is 69.0 cm³/mol. The molecule has 0 aromatic heterocycles. The summed E-state index contributed by atoms with van der Waals surface area (Å²) < 4.78 is 4.69. The predicted octanol–water partition coefficient (Wildman–Crippen LogP) is 1.53. The third-order valence-corrected chi connectivity index (χ3v) is 2.60. The van der Waals surface area contributed by atoms with Gasteiger partial charge in [0.05, 0.1) is 13.2 Å². The Hall–Kier alpha value is -2.03. The molecule has 0 aromatic carbocycles. The zero-order valence-electron chi connectivity index (χ0n) is 11.5. The molecule has 0 saturated carbocycles. The Labute approximate surface area is 113 Å². The maximum atomic E-state index is 11.7. The fraction of sp³-hybridized carbons (Fsp3) is 0.615. The van der Waals surface area contributed by atoms with Gasteiger partial charge >= 0.3 is 11.9 Å². The van der Waals surface area contributed by atoms with Gasteiger partial charge in [0.1, 0.15) is 12.6 Å². The summed E-state index contributed by atoms with van der Waals surface area (Å²) >= 11 is 0. The third-order valence-electron chi connectivity index (χ3n) is 2.60. The van der Waals surface area contributed by atoms with Crippen LogP contribution in [0.4, 0.5) is 0 Å². The largest absolute Gasteiger partial charge is 0.480 e. The number of nitrogens with zero attached hydrogens (tertiary/aromatic N) is 2. The summed E-state index contributed by atoms with van der Waals surface area (Å²) in [6.07, 6.45) is 3.09. The minimum Gasteiger partial charge on any atom is -0.480 e. The lowest BCUT2D eigenvalue weighted by atomic mass is 10.1. The number of carbonyl (C=O) groups excluding carboxylic acids is 1. The molecule has 106 valence electrons. The molecular weight excluding hydrogens is 248 g/mol. The highest BCUT2D eigenvalue weighted by molar-refractivity contribution is 5.77. The minimum absolute atomic E-state index is 0.342. The zero-order chi connectivity index (χ0) is 14.8. The molecule has 0 bridgehead atoms. The average molecular weight is 268 g/mol. The number of methoxy groups -OCH3 is 1. The molecule has 0 aromatic rings. The Morgan fingerprint density at radius 3 is 2.47 bits per heavy atom. The lowest BCUT2D eigenvalue weighted by Gasteiger charge is -2.27. The number of nitriles is 1. The normalized spacial score (nSPS) is 12.4. The lowest BCUT2D eigenvalue weighted by molar-refractivity contribution is -0.147. The van der Waals surface area contributed by atoms with Crippen molar-refractivity contribution in [2.24, 2.45) is 0 Å². The summed E-state index contributed by atoms with van der Waals surface area (Å²) in [5, 5.41) is 17.8. The Morgan fingerprint density at radius 2 is 2.11 bits per heavy atom. The standard InChI is InChI=1S/C13H20N2O4/c1-4-6-11(13(18)19-3)15(9-12(16)17)8-10(5-2)7-14/h8,11H,4-6,9H2,1-3H3,(H,16,17)/b10-8+. The number of carbonyl (C=O) groups is 2. The van der Waals surface area contributed by atoms with Gasteiger partial charge in [-0.3, -0.25) is 4.79 Å². The van der Waals surface area contributed by atoms with E-state index < -0.39 is 18.0 Å². The molecule has 1 atom stereocenters. The maximum absolute atomic E-state index is 11.7. The van der Waals surface area contributed by atoms with Gasteiger partial charge in [-0.05, 0) is 12.8 Å². The molecule has 0 rings (SSSR count). The topological polar surface area (TPSA) is 90.6 Å². The number of aliphatic carboxylic acids is 1. The summed E-state index contributed by atoms with van der Waals surface area (Å²) in [4.78, 5) is 24.0. The van der Waals surface area contributed by atoms with Crippen LogP contribution in [0.25, 0.3) is 0 Å². The molecule has 6 heteroatoms. The fourth-order valence-corrected chi connectivity index (χ4v) is 1.63. The van der Waals surface area contributed by atoms with Crippen molar-refractivity contribution in [1.29, 1.82) is 5.26 Å². The maximum Gasteiger partial charge on any atom is 0.328 e. The molecule has 0 heterocycles. The van der Waals surface area contributed by atoms with E-state index in [-0.39, 0.29) is 6.54 Å². The van der Waals surface area contributed by atoms with Crippen molar-refractivity contribution < 1.29 is 19.4 Å². The van der Waals surface area contributed by atoms with Crippen molar-refractivity contribution in [2.75, 3.05) is 13.7 Å². The lowest BCUT2D eigenvalue weighted by Crippen LogP contribution is -2.41. The Bertz CT molecular complexity index is 385. The highest BCUT2D eigenvalue weighted by atomic mass is 16.5. The molecule has 0 amide bonds. The number of ether oxygens (including phenoxy) is 1. The molecule has 0 saturated heterocycles. The van der Waals surface area contributed by atoms with Crippen LogP contribution in [0.2, 0.25) is 0 Å². The van der Waals surface area contributed by atoms with E-state index in [0.29, 0.717) is 24.8 Å². The van der Waals surface area contributed by atoms with Gasteiger partial charge in [0, 0.05) is 11.8 Å². The molecule has 19 heavy (non-hydrogen) atoms. The first-order chi connectivity index (χ1) is 8.99. The summed E-state index contributed by atoms with van der Waals surface area (Å²) in [7, 11) is 1.26. The van der Waals surface area contributed by atoms with Crippen LogP contribution in [0, 0.1) is 11.3 Å². The van der Waals surface area contributed by atoms with Gasteiger partial charge in [-0.2, -0.15) is 5.26 Å². The van der Waals surface area contributed by atoms with E-state index in [1.807, 2.05) is 13.0 Å². The monoisotopic (exact) mass is 268 g/mol. The van der Waals surface area contributed by atoms with Gasteiger partial charge in [0.25, 0.3) is 0 Å². The second kappa shape index (κ2) is 8.97. The molecule has 0 aliphatic rings. The van der Waals surface area contributed by atoms with Crippen LogP contribution >= 0.6 is 0 Å². The van der Waals surface area contributed by atoms with Crippen molar-refractivity contribution >= 4 is 11.9 Å². The van der Waals surface area contributed by atoms with Gasteiger partial charge in [0.2, 0.25) is 0 Å². The quantitative estimate of drug-likeness (QED) is 0.530. The average Bonchev–Trinajstić information content (AvgIpc) is 2.39. The number of allylic oxidation sites excluding steroid dienone is 1. The van der Waals surface area contributed by atoms with E-state index in [4.69, 9.17) is 15.1 Å². The summed E-state index contributed by atoms with van der Waals surface area (Å²) in [5.41, 5.74) is 0.422. The second-order valence-corrected chi connectivity index (χ2v) is 4.01. The van der Waals surface area contributed by atoms with Crippen LogP contribution in [-0.4, -0.2) is 41.6 Å². The van der Waals surface area contributed by atoms with Crippen molar-refractivity contribution in [1.82, 2.24) is 4.90 Å². The SMILES string of the molecule is CCCC(C(=O)OC)N(/C=C(/C#N)CC)CC(=O)O. The number of hydrogen-bond donors (Lipinski definition) is 1. The molecule has 1 N–H and O–H groups in total. The van der Waals surface area contributed by atoms with Crippen molar-refractivity contribution in [3.05, 3.63) is 11.8 Å². The Kier molecular flexibility index (Phi) is 8.02. The highest BCUT2D eigenvalue weighted by Crippen LogP contribution is 2.12. The van der Waals surface area contributed by atoms with Crippen molar-refractivity contribution in [3.63, 3.8) is 0 Å². The second-order valence-electron chi connectivity index (χ2n) is 4.01. The van der Waals surface area contributed by atoms with Crippen LogP contribution in [0.15, 0.2) is 11.8 Å². The molecule has 0 fully saturated rings. The number of carboxylic acid groups (broad SMARTS) is 1. The first-order valence-corrected chi connectivity index (χ1v) is 6.16. The van der Waals surface area contributed by atoms with E-state index in [0.717, 1.165) is 0 Å². The molecule has 0 aliphatic heterocycles. The van der Waals surface area contributed by atoms with Crippen LogP contribution in [0.1, 0.15) is 33.1 Å². The van der Waals surface area contributed by atoms with Crippen molar-refractivity contribution in [2.45, 2.75) is 39.2 Å². The molecule has 0 aliphatic carbocycles. The molecule has 0 spiro atoms. The Balaban J connectivity index is 5.28. The third kappa shape index (κ3) is 5.91. The van der Waals surface area contributed by atoms with E-state index in [9.17, 15) is 9.59 Å². The summed E-state index contributed by atoms with van der Waals surface area (Å²) in [6.45, 7) is 3.34. The van der Waals surface area contributed by atoms with Gasteiger partial charge in [-0.1, -0.05) is 20.3 Å². The number of carboxylic acids is 1. The Morgan fingerprint density at radius 1 is 1.47 bits per heavy atom. The molecular formula is C13H20N2O4. The number of rotatable bonds is 8. The number of hydrogen-bond acceptors (Lipinski definition) is 5. The van der Waals surface area contributed by atoms with Gasteiger partial charge < -0.3 is 14.7 Å². The first kappa shape index (κ1) is 17.0. The van der Waals surface area contributed by atoms with Crippen LogP contribution in [0.5, 0.6) is 0 Å². The van der Waals surface area contributed by atoms with E-state index in [2.05, 4.69) is 0 Å². The van der Waals surface area contributed by atoms with Crippen molar-refractivity contribution in [3.8, 4) is 6.07 Å². The van der Waals surface area contributed by atoms with Crippen LogP contribution in [0.3, 0.4) is 0 Å². The zero-order valence-corrected chi connectivity index (χ0v) is 11.5. The minimum atomic E-state index is -1.06. The summed E-state index contributed by atoms with van der Waals surface area (Å²) in [5.74, 6) is -1.55. The van der Waals surface area contributed by atoms with Gasteiger partial charge in [-0.15, -0.1) is 0 Å². The molecule has 6 nitrogen and oxygen atoms in total. The number of esters is 1. The fourth-order valence-electron chi connectivity index (χ4n) is 1.63. The highest BCUT2D eigenvalue weighted by Gasteiger charge is 2.25. The first-order valence-electron chi connectivity index (χ1n) is 6.16. The van der Waals surface area contributed by atoms with E-state index in [1.54, 1.807) is 6.92 Å². The van der Waals surface area contributed by atoms with Crippen LogP contribution < -0.4 is 0 Å². The van der Waals surface area contributed by atoms with Gasteiger partial charge in [0.15, 0.2) is 0 Å². The molecule has 0 radical (unpaired) electrons. The van der Waals surface area contributed by atoms with Gasteiger partial charge in [-0.25, -0.2) is 4.79 Å². The molecule has 1 unspecified atom stereocenters. The summed E-state index contributed by atoms with van der Waals surface area (Å²) in [6, 6.07) is 1.30. The van der Waals surface area contributed by atoms with E-state index >= 15 is 0 Å².